The molecular weight excluding hydrogens is 248 g/mol. The van der Waals surface area contributed by atoms with Gasteiger partial charge in [-0.15, -0.1) is 0 Å². The molecule has 19 heavy (non-hydrogen) atoms. The van der Waals surface area contributed by atoms with Crippen LogP contribution in [-0.4, -0.2) is 45.8 Å². The van der Waals surface area contributed by atoms with Crippen LogP contribution in [0.5, 0.6) is 0 Å². The van der Waals surface area contributed by atoms with E-state index in [4.69, 9.17) is 15.6 Å². The molecule has 6 heteroatoms. The minimum absolute atomic E-state index is 0.0142. The van der Waals surface area contributed by atoms with Gasteiger partial charge in [-0.25, -0.2) is 4.79 Å². The van der Waals surface area contributed by atoms with Gasteiger partial charge in [-0.2, -0.15) is 0 Å². The molecule has 0 saturated carbocycles. The van der Waals surface area contributed by atoms with E-state index < -0.39 is 23.2 Å². The van der Waals surface area contributed by atoms with Crippen molar-refractivity contribution >= 4 is 12.1 Å². The monoisotopic (exact) mass is 272 g/mol. The van der Waals surface area contributed by atoms with E-state index in [1.165, 1.54) is 4.90 Å². The Kier molecular flexibility index (Phi) is 4.45. The molecule has 6 nitrogen and oxygen atoms in total. The van der Waals surface area contributed by atoms with Gasteiger partial charge in [0, 0.05) is 18.1 Å². The number of carboxylic acids is 1. The van der Waals surface area contributed by atoms with Gasteiger partial charge in [-0.05, 0) is 40.5 Å². The van der Waals surface area contributed by atoms with Crippen molar-refractivity contribution in [3.8, 4) is 0 Å². The number of ether oxygens (including phenoxy) is 1. The summed E-state index contributed by atoms with van der Waals surface area (Å²) in [5.74, 6) is -0.943. The molecule has 1 rings (SSSR count). The molecular formula is C13H24N2O4. The van der Waals surface area contributed by atoms with Crippen LogP contribution in [0.4, 0.5) is 4.79 Å². The Morgan fingerprint density at radius 2 is 2.05 bits per heavy atom. The molecule has 3 N–H and O–H groups in total. The number of amides is 1. The molecule has 2 unspecified atom stereocenters. The van der Waals surface area contributed by atoms with Gasteiger partial charge >= 0.3 is 12.1 Å². The predicted molar refractivity (Wildman–Crippen MR) is 70.8 cm³/mol. The van der Waals surface area contributed by atoms with Crippen molar-refractivity contribution in [2.45, 2.75) is 64.1 Å². The fraction of sp³-hybridized carbons (Fsp3) is 0.846. The third-order valence-electron chi connectivity index (χ3n) is 3.21. The lowest BCUT2D eigenvalue weighted by Gasteiger charge is -2.43. The molecule has 0 radical (unpaired) electrons. The highest BCUT2D eigenvalue weighted by Crippen LogP contribution is 2.27. The SMILES string of the molecule is CC1CCC(N)(CC(=O)O)CN1C(=O)OC(C)(C)C. The van der Waals surface area contributed by atoms with Crippen molar-refractivity contribution in [1.29, 1.82) is 0 Å². The van der Waals surface area contributed by atoms with Crippen LogP contribution in [0.25, 0.3) is 0 Å². The number of hydrogen-bond donors (Lipinski definition) is 2. The van der Waals surface area contributed by atoms with E-state index >= 15 is 0 Å². The lowest BCUT2D eigenvalue weighted by Crippen LogP contribution is -2.59. The summed E-state index contributed by atoms with van der Waals surface area (Å²) in [6.07, 6.45) is 0.710. The largest absolute Gasteiger partial charge is 0.481 e. The topological polar surface area (TPSA) is 92.9 Å². The number of hydrogen-bond acceptors (Lipinski definition) is 4. The number of carbonyl (C=O) groups excluding carboxylic acids is 1. The Labute approximate surface area is 113 Å². The molecule has 0 aromatic rings. The highest BCUT2D eigenvalue weighted by Gasteiger charge is 2.40. The molecule has 0 aromatic heterocycles. The van der Waals surface area contributed by atoms with Crippen molar-refractivity contribution in [3.05, 3.63) is 0 Å². The maximum atomic E-state index is 12.1. The van der Waals surface area contributed by atoms with E-state index in [1.807, 2.05) is 6.92 Å². The molecule has 1 fully saturated rings. The van der Waals surface area contributed by atoms with E-state index in [0.29, 0.717) is 12.8 Å². The maximum absolute atomic E-state index is 12.1. The van der Waals surface area contributed by atoms with Crippen molar-refractivity contribution in [1.82, 2.24) is 4.90 Å². The third-order valence-corrected chi connectivity index (χ3v) is 3.21. The van der Waals surface area contributed by atoms with Crippen LogP contribution >= 0.6 is 0 Å². The second-order valence-electron chi connectivity index (χ2n) is 6.43. The Morgan fingerprint density at radius 1 is 1.47 bits per heavy atom. The Hall–Kier alpha value is -1.30. The van der Waals surface area contributed by atoms with Gasteiger partial charge in [0.1, 0.15) is 5.60 Å². The van der Waals surface area contributed by atoms with E-state index in [9.17, 15) is 9.59 Å². The maximum Gasteiger partial charge on any atom is 0.410 e. The van der Waals surface area contributed by atoms with E-state index in [1.54, 1.807) is 20.8 Å². The molecule has 1 aliphatic rings. The molecule has 0 spiro atoms. The molecule has 0 aromatic carbocycles. The van der Waals surface area contributed by atoms with Crippen molar-refractivity contribution in [2.24, 2.45) is 5.73 Å². The van der Waals surface area contributed by atoms with Gasteiger partial charge in [-0.3, -0.25) is 4.79 Å². The quantitative estimate of drug-likeness (QED) is 0.796. The minimum atomic E-state index is -0.943. The van der Waals surface area contributed by atoms with Gasteiger partial charge < -0.3 is 20.5 Å². The third kappa shape index (κ3) is 4.70. The fourth-order valence-electron chi connectivity index (χ4n) is 2.24. The standard InChI is InChI=1S/C13H24N2O4/c1-9-5-6-13(14,7-10(16)17)8-15(9)11(18)19-12(2,3)4/h9H,5-8,14H2,1-4H3,(H,16,17). The number of likely N-dealkylation sites (tertiary alicyclic amines) is 1. The molecule has 0 aliphatic carbocycles. The second-order valence-corrected chi connectivity index (χ2v) is 6.43. The fourth-order valence-corrected chi connectivity index (χ4v) is 2.24. The summed E-state index contributed by atoms with van der Waals surface area (Å²) in [7, 11) is 0. The van der Waals surface area contributed by atoms with Crippen LogP contribution in [0.2, 0.25) is 0 Å². The van der Waals surface area contributed by atoms with E-state index in [-0.39, 0.29) is 19.0 Å². The number of carboxylic acid groups (broad SMARTS) is 1. The average Bonchev–Trinajstić information content (AvgIpc) is 2.18. The Bertz CT molecular complexity index is 364. The molecule has 110 valence electrons. The molecule has 1 amide bonds. The Morgan fingerprint density at radius 3 is 2.53 bits per heavy atom. The zero-order valence-electron chi connectivity index (χ0n) is 12.1. The summed E-state index contributed by atoms with van der Waals surface area (Å²) in [5, 5.41) is 8.89. The van der Waals surface area contributed by atoms with E-state index in [2.05, 4.69) is 0 Å². The van der Waals surface area contributed by atoms with Crippen LogP contribution in [0.3, 0.4) is 0 Å². The zero-order valence-corrected chi connectivity index (χ0v) is 12.1. The van der Waals surface area contributed by atoms with Crippen LogP contribution in [0.1, 0.15) is 47.0 Å². The van der Waals surface area contributed by atoms with Crippen LogP contribution < -0.4 is 5.73 Å². The highest BCUT2D eigenvalue weighted by molar-refractivity contribution is 5.71. The normalized spacial score (nSPS) is 28.1. The number of nitrogens with two attached hydrogens (primary N) is 1. The first kappa shape index (κ1) is 15.8. The first-order valence-corrected chi connectivity index (χ1v) is 6.53. The Balaban J connectivity index is 2.76. The summed E-state index contributed by atoms with van der Waals surface area (Å²) in [4.78, 5) is 24.5. The predicted octanol–water partition coefficient (Wildman–Crippen LogP) is 1.58. The van der Waals surface area contributed by atoms with Gasteiger partial charge in [0.2, 0.25) is 0 Å². The van der Waals surface area contributed by atoms with E-state index in [0.717, 1.165) is 0 Å². The summed E-state index contributed by atoms with van der Waals surface area (Å²) < 4.78 is 5.33. The summed E-state index contributed by atoms with van der Waals surface area (Å²) >= 11 is 0. The minimum Gasteiger partial charge on any atom is -0.481 e. The lowest BCUT2D eigenvalue weighted by molar-refractivity contribution is -0.139. The molecule has 1 heterocycles. The summed E-state index contributed by atoms with van der Waals surface area (Å²) in [6, 6.07) is 0.0142. The first-order chi connectivity index (χ1) is 8.52. The first-order valence-electron chi connectivity index (χ1n) is 6.53. The van der Waals surface area contributed by atoms with Crippen LogP contribution in [-0.2, 0) is 9.53 Å². The number of aliphatic carboxylic acids is 1. The molecule has 0 bridgehead atoms. The summed E-state index contributed by atoms with van der Waals surface area (Å²) in [5.41, 5.74) is 4.65. The molecule has 2 atom stereocenters. The van der Waals surface area contributed by atoms with Gasteiger partial charge in [0.25, 0.3) is 0 Å². The number of carbonyl (C=O) groups is 2. The van der Waals surface area contributed by atoms with Crippen LogP contribution in [0.15, 0.2) is 0 Å². The molecule has 1 aliphatic heterocycles. The lowest BCUT2D eigenvalue weighted by atomic mass is 9.84. The number of rotatable bonds is 2. The smallest absolute Gasteiger partial charge is 0.410 e. The summed E-state index contributed by atoms with van der Waals surface area (Å²) in [6.45, 7) is 7.53. The van der Waals surface area contributed by atoms with Gasteiger partial charge in [0.15, 0.2) is 0 Å². The van der Waals surface area contributed by atoms with Crippen molar-refractivity contribution in [3.63, 3.8) is 0 Å². The second kappa shape index (κ2) is 5.36. The van der Waals surface area contributed by atoms with Crippen molar-refractivity contribution < 1.29 is 19.4 Å². The van der Waals surface area contributed by atoms with Gasteiger partial charge in [-0.1, -0.05) is 0 Å². The average molecular weight is 272 g/mol. The highest BCUT2D eigenvalue weighted by atomic mass is 16.6. The van der Waals surface area contributed by atoms with Crippen LogP contribution in [0, 0.1) is 0 Å². The van der Waals surface area contributed by atoms with Crippen molar-refractivity contribution in [2.75, 3.05) is 6.54 Å². The number of piperidine rings is 1. The number of nitrogens with zero attached hydrogens (tertiary/aromatic N) is 1. The molecule has 1 saturated heterocycles. The van der Waals surface area contributed by atoms with Gasteiger partial charge in [0.05, 0.1) is 6.42 Å². The zero-order chi connectivity index (χ0) is 14.8.